The molecule has 1 aromatic heterocycles. The number of pyridine rings is 1. The summed E-state index contributed by atoms with van der Waals surface area (Å²) in [4.78, 5) is 26.7. The van der Waals surface area contributed by atoms with E-state index < -0.39 is 17.9 Å². The number of hydrogen-bond acceptors (Lipinski definition) is 4. The minimum atomic E-state index is -1.08. The fourth-order valence-corrected chi connectivity index (χ4v) is 1.41. The Morgan fingerprint density at radius 3 is 2.78 bits per heavy atom. The molecule has 1 rings (SSSR count). The van der Waals surface area contributed by atoms with Crippen LogP contribution in [0, 0.1) is 6.92 Å². The number of rotatable bonds is 6. The predicted octanol–water partition coefficient (Wildman–Crippen LogP) is 0.610. The monoisotopic (exact) mass is 252 g/mol. The van der Waals surface area contributed by atoms with Crippen LogP contribution in [0.2, 0.25) is 0 Å². The minimum Gasteiger partial charge on any atom is -0.480 e. The first-order chi connectivity index (χ1) is 8.54. The number of amides is 1. The summed E-state index contributed by atoms with van der Waals surface area (Å²) >= 11 is 0. The van der Waals surface area contributed by atoms with Gasteiger partial charge in [-0.25, -0.2) is 4.79 Å². The predicted molar refractivity (Wildman–Crippen MR) is 64.4 cm³/mol. The molecule has 1 unspecified atom stereocenters. The average molecular weight is 252 g/mol. The van der Waals surface area contributed by atoms with E-state index in [1.165, 1.54) is 13.3 Å². The second-order valence-electron chi connectivity index (χ2n) is 3.90. The lowest BCUT2D eigenvalue weighted by Gasteiger charge is -2.13. The molecule has 1 heterocycles. The summed E-state index contributed by atoms with van der Waals surface area (Å²) < 4.78 is 4.80. The highest BCUT2D eigenvalue weighted by Gasteiger charge is 2.20. The molecule has 0 aliphatic heterocycles. The van der Waals surface area contributed by atoms with Crippen LogP contribution in [0.1, 0.15) is 22.3 Å². The van der Waals surface area contributed by atoms with E-state index in [1.807, 2.05) is 6.92 Å². The normalized spacial score (nSPS) is 11.9. The van der Waals surface area contributed by atoms with Gasteiger partial charge in [-0.15, -0.1) is 0 Å². The van der Waals surface area contributed by atoms with Crippen molar-refractivity contribution in [3.63, 3.8) is 0 Å². The number of nitrogens with zero attached hydrogens (tertiary/aromatic N) is 1. The Morgan fingerprint density at radius 2 is 2.22 bits per heavy atom. The number of hydrogen-bond donors (Lipinski definition) is 2. The molecule has 2 N–H and O–H groups in total. The van der Waals surface area contributed by atoms with E-state index in [9.17, 15) is 9.59 Å². The van der Waals surface area contributed by atoms with Gasteiger partial charge in [-0.05, 0) is 18.6 Å². The summed E-state index contributed by atoms with van der Waals surface area (Å²) in [7, 11) is 1.48. The largest absolute Gasteiger partial charge is 0.480 e. The van der Waals surface area contributed by atoms with Gasteiger partial charge in [0.1, 0.15) is 6.04 Å². The van der Waals surface area contributed by atoms with Gasteiger partial charge >= 0.3 is 5.97 Å². The van der Waals surface area contributed by atoms with Crippen LogP contribution >= 0.6 is 0 Å². The summed E-state index contributed by atoms with van der Waals surface area (Å²) in [5.74, 6) is -1.53. The zero-order valence-corrected chi connectivity index (χ0v) is 10.3. The highest BCUT2D eigenvalue weighted by atomic mass is 16.5. The molecule has 0 aliphatic carbocycles. The number of carbonyl (C=O) groups excluding carboxylic acids is 1. The first kappa shape index (κ1) is 14.1. The van der Waals surface area contributed by atoms with Crippen LogP contribution in [0.3, 0.4) is 0 Å². The summed E-state index contributed by atoms with van der Waals surface area (Å²) in [6.45, 7) is 2.08. The van der Waals surface area contributed by atoms with Gasteiger partial charge in [-0.3, -0.25) is 9.78 Å². The second kappa shape index (κ2) is 6.70. The van der Waals surface area contributed by atoms with Gasteiger partial charge in [0.15, 0.2) is 0 Å². The summed E-state index contributed by atoms with van der Waals surface area (Å²) in [6, 6.07) is 0.690. The summed E-state index contributed by atoms with van der Waals surface area (Å²) in [5, 5.41) is 11.4. The Bertz CT molecular complexity index is 434. The lowest BCUT2D eigenvalue weighted by Crippen LogP contribution is -2.41. The molecule has 0 fully saturated rings. The molecule has 0 spiro atoms. The number of aryl methyl sites for hydroxylation is 1. The topological polar surface area (TPSA) is 88.5 Å². The van der Waals surface area contributed by atoms with Crippen molar-refractivity contribution in [2.45, 2.75) is 19.4 Å². The van der Waals surface area contributed by atoms with E-state index in [0.717, 1.165) is 5.56 Å². The van der Waals surface area contributed by atoms with Crippen molar-refractivity contribution >= 4 is 11.9 Å². The molecule has 18 heavy (non-hydrogen) atoms. The van der Waals surface area contributed by atoms with Gasteiger partial charge in [0.05, 0.1) is 5.56 Å². The number of carboxylic acid groups (broad SMARTS) is 1. The van der Waals surface area contributed by atoms with Crippen LogP contribution in [-0.2, 0) is 9.53 Å². The molecule has 1 aromatic rings. The SMILES string of the molecule is COCCC(NC(=O)c1cncc(C)c1)C(=O)O. The lowest BCUT2D eigenvalue weighted by molar-refractivity contribution is -0.139. The molecule has 0 aromatic carbocycles. The molecule has 0 aliphatic rings. The second-order valence-corrected chi connectivity index (χ2v) is 3.90. The van der Waals surface area contributed by atoms with Gasteiger partial charge in [0.25, 0.3) is 5.91 Å². The molecule has 0 bridgehead atoms. The fraction of sp³-hybridized carbons (Fsp3) is 0.417. The van der Waals surface area contributed by atoms with E-state index in [2.05, 4.69) is 10.3 Å². The van der Waals surface area contributed by atoms with E-state index in [0.29, 0.717) is 5.56 Å². The Balaban J connectivity index is 2.69. The maximum Gasteiger partial charge on any atom is 0.326 e. The number of aromatic nitrogens is 1. The van der Waals surface area contributed by atoms with Crippen molar-refractivity contribution in [2.75, 3.05) is 13.7 Å². The average Bonchev–Trinajstić information content (AvgIpc) is 2.33. The molecule has 1 amide bonds. The Kier molecular flexibility index (Phi) is 5.26. The Hall–Kier alpha value is -1.95. The maximum atomic E-state index is 11.8. The molecule has 0 saturated heterocycles. The van der Waals surface area contributed by atoms with Gasteiger partial charge in [0, 0.05) is 32.5 Å². The number of methoxy groups -OCH3 is 1. The van der Waals surface area contributed by atoms with Crippen molar-refractivity contribution in [3.05, 3.63) is 29.6 Å². The van der Waals surface area contributed by atoms with Crippen LogP contribution in [0.5, 0.6) is 0 Å². The van der Waals surface area contributed by atoms with Crippen molar-refractivity contribution in [2.24, 2.45) is 0 Å². The number of aliphatic carboxylic acids is 1. The zero-order valence-electron chi connectivity index (χ0n) is 10.3. The molecule has 98 valence electrons. The molecule has 1 atom stereocenters. The van der Waals surface area contributed by atoms with E-state index in [-0.39, 0.29) is 13.0 Å². The molecule has 6 heteroatoms. The first-order valence-corrected chi connectivity index (χ1v) is 5.49. The highest BCUT2D eigenvalue weighted by molar-refractivity contribution is 5.96. The van der Waals surface area contributed by atoms with Crippen LogP contribution in [0.4, 0.5) is 0 Å². The molecular weight excluding hydrogens is 236 g/mol. The third-order valence-electron chi connectivity index (χ3n) is 2.35. The van der Waals surface area contributed by atoms with Crippen LogP contribution in [0.25, 0.3) is 0 Å². The number of ether oxygens (including phenoxy) is 1. The first-order valence-electron chi connectivity index (χ1n) is 5.49. The van der Waals surface area contributed by atoms with Gasteiger partial charge in [-0.2, -0.15) is 0 Å². The third kappa shape index (κ3) is 4.14. The Labute approximate surface area is 105 Å². The molecule has 0 saturated carbocycles. The number of carboxylic acids is 1. The summed E-state index contributed by atoms with van der Waals surface area (Å²) in [5.41, 5.74) is 1.19. The lowest BCUT2D eigenvalue weighted by atomic mass is 10.1. The standard InChI is InChI=1S/C12H16N2O4/c1-8-5-9(7-13-6-8)11(15)14-10(12(16)17)3-4-18-2/h5-7,10H,3-4H2,1-2H3,(H,14,15)(H,16,17). The highest BCUT2D eigenvalue weighted by Crippen LogP contribution is 2.03. The maximum absolute atomic E-state index is 11.8. The zero-order chi connectivity index (χ0) is 13.5. The van der Waals surface area contributed by atoms with Gasteiger partial charge in [0.2, 0.25) is 0 Å². The number of nitrogens with one attached hydrogen (secondary N) is 1. The minimum absolute atomic E-state index is 0.219. The third-order valence-corrected chi connectivity index (χ3v) is 2.35. The molecule has 0 radical (unpaired) electrons. The van der Waals surface area contributed by atoms with Crippen molar-refractivity contribution < 1.29 is 19.4 Å². The van der Waals surface area contributed by atoms with Crippen LogP contribution < -0.4 is 5.32 Å². The smallest absolute Gasteiger partial charge is 0.326 e. The van der Waals surface area contributed by atoms with Crippen LogP contribution in [-0.4, -0.2) is 41.7 Å². The van der Waals surface area contributed by atoms with E-state index >= 15 is 0 Å². The molecular formula is C12H16N2O4. The van der Waals surface area contributed by atoms with Crippen LogP contribution in [0.15, 0.2) is 18.5 Å². The van der Waals surface area contributed by atoms with Gasteiger partial charge in [-0.1, -0.05) is 0 Å². The van der Waals surface area contributed by atoms with E-state index in [1.54, 1.807) is 12.3 Å². The quantitative estimate of drug-likeness (QED) is 0.774. The van der Waals surface area contributed by atoms with E-state index in [4.69, 9.17) is 9.84 Å². The van der Waals surface area contributed by atoms with Gasteiger partial charge < -0.3 is 15.2 Å². The summed E-state index contributed by atoms with van der Waals surface area (Å²) in [6.07, 6.45) is 3.24. The molecule has 6 nitrogen and oxygen atoms in total. The van der Waals surface area contributed by atoms with Crippen molar-refractivity contribution in [1.29, 1.82) is 0 Å². The van der Waals surface area contributed by atoms with Crippen molar-refractivity contribution in [3.8, 4) is 0 Å². The number of carbonyl (C=O) groups is 2. The van der Waals surface area contributed by atoms with Crippen molar-refractivity contribution in [1.82, 2.24) is 10.3 Å². The Morgan fingerprint density at radius 1 is 1.50 bits per heavy atom. The fourth-order valence-electron chi connectivity index (χ4n) is 1.41.